The maximum Gasteiger partial charge on any atom is 0.573 e. The predicted octanol–water partition coefficient (Wildman–Crippen LogP) is 9.09. The zero-order valence-corrected chi connectivity index (χ0v) is 22.1. The van der Waals surface area contributed by atoms with Gasteiger partial charge in [-0.05, 0) is 85.7 Å². The summed E-state index contributed by atoms with van der Waals surface area (Å²) in [5.74, 6) is -0.223. The van der Waals surface area contributed by atoms with Crippen LogP contribution in [0.25, 0.3) is 32.6 Å². The number of fused-ring (bicyclic) bond motifs is 1. The molecule has 0 fully saturated rings. The molecule has 3 aromatic heterocycles. The molecule has 2 aromatic carbocycles. The Labute approximate surface area is 223 Å². The normalized spacial score (nSPS) is 11.7. The van der Waals surface area contributed by atoms with Gasteiger partial charge in [-0.15, -0.1) is 24.5 Å². The number of hydrogen-bond donors (Lipinski definition) is 1. The molecule has 0 bridgehead atoms. The molecule has 0 aliphatic rings. The summed E-state index contributed by atoms with van der Waals surface area (Å²) in [4.78, 5) is 7.13. The highest BCUT2D eigenvalue weighted by atomic mass is 32.1. The number of furan rings is 1. The van der Waals surface area contributed by atoms with Gasteiger partial charge in [-0.25, -0.2) is 4.98 Å². The highest BCUT2D eigenvalue weighted by Gasteiger charge is 2.31. The van der Waals surface area contributed by atoms with Crippen molar-refractivity contribution in [1.82, 2.24) is 4.98 Å². The number of thiophene rings is 1. The smallest absolute Gasteiger partial charge is 0.472 e. The molecule has 0 spiro atoms. The van der Waals surface area contributed by atoms with E-state index in [2.05, 4.69) is 42.1 Å². The van der Waals surface area contributed by atoms with Crippen molar-refractivity contribution in [2.75, 3.05) is 11.9 Å². The van der Waals surface area contributed by atoms with Gasteiger partial charge in [0.25, 0.3) is 0 Å². The average Bonchev–Trinajstić information content (AvgIpc) is 3.52. The van der Waals surface area contributed by atoms with Crippen LogP contribution >= 0.6 is 11.3 Å². The second-order valence-electron chi connectivity index (χ2n) is 9.30. The van der Waals surface area contributed by atoms with Crippen molar-refractivity contribution in [3.05, 3.63) is 88.7 Å². The second-order valence-corrected chi connectivity index (χ2v) is 10.5. The lowest BCUT2D eigenvalue weighted by Gasteiger charge is -2.14. The second kappa shape index (κ2) is 10.5. The lowest BCUT2D eigenvalue weighted by molar-refractivity contribution is -0.274. The number of ether oxygens (including phenoxy) is 1. The van der Waals surface area contributed by atoms with Crippen LogP contribution in [0, 0.1) is 20.8 Å². The number of aryl methyl sites for hydroxylation is 3. The number of nitrogens with one attached hydrogen (secondary N) is 1. The van der Waals surface area contributed by atoms with Crippen molar-refractivity contribution in [2.24, 2.45) is 0 Å². The molecule has 0 saturated carbocycles. The molecule has 1 N–H and O–H groups in total. The maximum atomic E-state index is 12.4. The third kappa shape index (κ3) is 5.70. The van der Waals surface area contributed by atoms with E-state index in [4.69, 9.17) is 9.40 Å². The monoisotopic (exact) mass is 536 g/mol. The molecule has 0 aliphatic carbocycles. The minimum absolute atomic E-state index is 0.223. The minimum Gasteiger partial charge on any atom is -0.472 e. The number of halogens is 3. The van der Waals surface area contributed by atoms with Crippen LogP contribution in [0.3, 0.4) is 0 Å². The molecular weight excluding hydrogens is 509 g/mol. The molecule has 0 radical (unpaired) electrons. The van der Waals surface area contributed by atoms with Gasteiger partial charge in [0.1, 0.15) is 10.6 Å². The highest BCUT2D eigenvalue weighted by molar-refractivity contribution is 7.18. The standard InChI is InChI=1S/C30H27F3N2O2S/c1-18-15-21(6-11-25(18)22-7-9-24(10-8-22)37-30(31,32)33)5-4-13-34-28-20(3)27(23-12-14-36-17-23)35-29-26(28)16-19(2)38-29/h6-12,14-17H,4-5,13H2,1-3H3,(H,34,35). The number of nitrogens with zero attached hydrogens (tertiary/aromatic N) is 1. The molecule has 5 aromatic rings. The van der Waals surface area contributed by atoms with Crippen LogP contribution in [-0.2, 0) is 6.42 Å². The number of anilines is 1. The van der Waals surface area contributed by atoms with Gasteiger partial charge in [-0.3, -0.25) is 0 Å². The van der Waals surface area contributed by atoms with Crippen LogP contribution in [-0.4, -0.2) is 17.9 Å². The Hall–Kier alpha value is -3.78. The summed E-state index contributed by atoms with van der Waals surface area (Å²) >= 11 is 1.69. The summed E-state index contributed by atoms with van der Waals surface area (Å²) in [5.41, 5.74) is 8.24. The Morgan fingerprint density at radius 2 is 1.76 bits per heavy atom. The number of rotatable bonds is 8. The van der Waals surface area contributed by atoms with Gasteiger partial charge in [-0.1, -0.05) is 30.3 Å². The van der Waals surface area contributed by atoms with Gasteiger partial charge in [-0.2, -0.15) is 0 Å². The number of hydrogen-bond acceptors (Lipinski definition) is 5. The fraction of sp³-hybridized carbons (Fsp3) is 0.233. The van der Waals surface area contributed by atoms with Crippen LogP contribution in [0.1, 0.15) is 28.0 Å². The Morgan fingerprint density at radius 3 is 2.45 bits per heavy atom. The van der Waals surface area contributed by atoms with Crippen LogP contribution in [0.2, 0.25) is 0 Å². The van der Waals surface area contributed by atoms with E-state index in [1.54, 1.807) is 36.0 Å². The Kier molecular flexibility index (Phi) is 7.17. The molecule has 8 heteroatoms. The molecule has 0 aliphatic heterocycles. The molecule has 4 nitrogen and oxygen atoms in total. The van der Waals surface area contributed by atoms with E-state index in [1.165, 1.54) is 22.6 Å². The third-order valence-electron chi connectivity index (χ3n) is 6.48. The first-order valence-corrected chi connectivity index (χ1v) is 13.1. The molecule has 196 valence electrons. The molecule has 0 saturated heterocycles. The van der Waals surface area contributed by atoms with Crippen LogP contribution in [0.4, 0.5) is 18.9 Å². The predicted molar refractivity (Wildman–Crippen MR) is 147 cm³/mol. The summed E-state index contributed by atoms with van der Waals surface area (Å²) in [6.07, 6.45) is 0.535. The summed E-state index contributed by atoms with van der Waals surface area (Å²) in [5, 5.41) is 4.80. The fourth-order valence-corrected chi connectivity index (χ4v) is 5.61. The van der Waals surface area contributed by atoms with Gasteiger partial charge in [0.15, 0.2) is 0 Å². The number of benzene rings is 2. The quantitative estimate of drug-likeness (QED) is 0.201. The van der Waals surface area contributed by atoms with E-state index < -0.39 is 6.36 Å². The molecule has 0 unspecified atom stereocenters. The first-order valence-electron chi connectivity index (χ1n) is 12.3. The lowest BCUT2D eigenvalue weighted by Crippen LogP contribution is -2.16. The molecule has 0 atom stereocenters. The minimum atomic E-state index is -4.69. The van der Waals surface area contributed by atoms with E-state index in [-0.39, 0.29) is 5.75 Å². The van der Waals surface area contributed by atoms with Gasteiger partial charge < -0.3 is 14.5 Å². The van der Waals surface area contributed by atoms with E-state index in [0.29, 0.717) is 0 Å². The molecule has 38 heavy (non-hydrogen) atoms. The lowest BCUT2D eigenvalue weighted by atomic mass is 9.97. The first-order chi connectivity index (χ1) is 18.2. The van der Waals surface area contributed by atoms with Gasteiger partial charge >= 0.3 is 6.36 Å². The third-order valence-corrected chi connectivity index (χ3v) is 7.42. The highest BCUT2D eigenvalue weighted by Crippen LogP contribution is 2.37. The SMILES string of the molecule is Cc1cc2c(NCCCc3ccc(-c4ccc(OC(F)(F)F)cc4)c(C)c3)c(C)c(-c3ccoc3)nc2s1. The number of aromatic nitrogens is 1. The van der Waals surface area contributed by atoms with Crippen molar-refractivity contribution in [1.29, 1.82) is 0 Å². The van der Waals surface area contributed by atoms with Crippen molar-refractivity contribution in [3.8, 4) is 28.1 Å². The summed E-state index contributed by atoms with van der Waals surface area (Å²) in [6.45, 7) is 7.01. The Bertz CT molecular complexity index is 1560. The Morgan fingerprint density at radius 1 is 0.974 bits per heavy atom. The maximum absolute atomic E-state index is 12.4. The Balaban J connectivity index is 1.25. The van der Waals surface area contributed by atoms with Crippen molar-refractivity contribution in [2.45, 2.75) is 40.0 Å². The van der Waals surface area contributed by atoms with E-state index >= 15 is 0 Å². The van der Waals surface area contributed by atoms with Gasteiger partial charge in [0, 0.05) is 28.1 Å². The zero-order chi connectivity index (χ0) is 26.9. The van der Waals surface area contributed by atoms with Crippen molar-refractivity contribution >= 4 is 27.2 Å². The van der Waals surface area contributed by atoms with Crippen molar-refractivity contribution in [3.63, 3.8) is 0 Å². The summed E-state index contributed by atoms with van der Waals surface area (Å²) in [6, 6.07) is 16.3. The number of pyridine rings is 1. The number of alkyl halides is 3. The molecule has 5 rings (SSSR count). The van der Waals surface area contributed by atoms with Crippen LogP contribution in [0.15, 0.2) is 71.5 Å². The summed E-state index contributed by atoms with van der Waals surface area (Å²) < 4.78 is 46.6. The summed E-state index contributed by atoms with van der Waals surface area (Å²) in [7, 11) is 0. The molecule has 0 amide bonds. The largest absolute Gasteiger partial charge is 0.573 e. The van der Waals surface area contributed by atoms with Gasteiger partial charge in [0.05, 0.1) is 18.2 Å². The molecule has 3 heterocycles. The zero-order valence-electron chi connectivity index (χ0n) is 21.3. The van der Waals surface area contributed by atoms with Crippen molar-refractivity contribution < 1.29 is 22.3 Å². The average molecular weight is 537 g/mol. The topological polar surface area (TPSA) is 47.3 Å². The van der Waals surface area contributed by atoms with Crippen LogP contribution in [0.5, 0.6) is 5.75 Å². The van der Waals surface area contributed by atoms with E-state index in [0.717, 1.165) is 68.8 Å². The van der Waals surface area contributed by atoms with E-state index in [9.17, 15) is 13.2 Å². The van der Waals surface area contributed by atoms with E-state index in [1.807, 2.05) is 19.1 Å². The van der Waals surface area contributed by atoms with Crippen LogP contribution < -0.4 is 10.1 Å². The first kappa shape index (κ1) is 25.9. The van der Waals surface area contributed by atoms with Gasteiger partial charge in [0.2, 0.25) is 0 Å². The molecular formula is C30H27F3N2O2S. The fourth-order valence-electron chi connectivity index (χ4n) is 4.73.